The Kier molecular flexibility index (Phi) is 6.07. The Morgan fingerprint density at radius 2 is 2.10 bits per heavy atom. The molecule has 1 N–H and O–H groups in total. The first-order valence-electron chi connectivity index (χ1n) is 8.28. The molecule has 1 heterocycles. The van der Waals surface area contributed by atoms with Gasteiger partial charge in [-0.05, 0) is 18.4 Å². The molecule has 21 heavy (non-hydrogen) atoms. The Hall–Kier alpha value is -1.06. The molecule has 3 nitrogen and oxygen atoms in total. The van der Waals surface area contributed by atoms with Gasteiger partial charge < -0.3 is 10.1 Å². The molecule has 1 aromatic rings. The molecular weight excluding hydrogens is 260 g/mol. The molecule has 0 aliphatic carbocycles. The summed E-state index contributed by atoms with van der Waals surface area (Å²) in [6.07, 6.45) is 2.42. The lowest BCUT2D eigenvalue weighted by Gasteiger charge is -2.43. The van der Waals surface area contributed by atoms with Gasteiger partial charge in [-0.15, -0.1) is 0 Å². The summed E-state index contributed by atoms with van der Waals surface area (Å²) in [7, 11) is 1.76. The largest absolute Gasteiger partial charge is 0.496 e. The minimum absolute atomic E-state index is 0.611. The molecule has 3 unspecified atom stereocenters. The summed E-state index contributed by atoms with van der Waals surface area (Å²) in [5.74, 6) is 1.72. The maximum absolute atomic E-state index is 5.52. The van der Waals surface area contributed by atoms with Crippen molar-refractivity contribution >= 4 is 0 Å². The van der Waals surface area contributed by atoms with Crippen LogP contribution in [0.4, 0.5) is 0 Å². The highest BCUT2D eigenvalue weighted by Gasteiger charge is 2.30. The molecule has 0 saturated carbocycles. The van der Waals surface area contributed by atoms with E-state index in [4.69, 9.17) is 4.74 Å². The molecule has 0 bridgehead atoms. The molecule has 118 valence electrons. The van der Waals surface area contributed by atoms with E-state index >= 15 is 0 Å². The molecule has 2 rings (SSSR count). The fourth-order valence-electron chi connectivity index (χ4n) is 3.24. The average Bonchev–Trinajstić information content (AvgIpc) is 2.54. The monoisotopic (exact) mass is 290 g/mol. The van der Waals surface area contributed by atoms with Crippen molar-refractivity contribution in [3.63, 3.8) is 0 Å². The first-order chi connectivity index (χ1) is 10.2. The van der Waals surface area contributed by atoms with Crippen LogP contribution in [-0.4, -0.2) is 37.2 Å². The smallest absolute Gasteiger partial charge is 0.123 e. The molecule has 1 fully saturated rings. The number of rotatable bonds is 6. The fourth-order valence-corrected chi connectivity index (χ4v) is 3.24. The van der Waals surface area contributed by atoms with Crippen LogP contribution in [0, 0.1) is 5.92 Å². The van der Waals surface area contributed by atoms with Crippen molar-refractivity contribution in [3.05, 3.63) is 29.8 Å². The molecule has 0 radical (unpaired) electrons. The highest BCUT2D eigenvalue weighted by atomic mass is 16.5. The Morgan fingerprint density at radius 3 is 2.76 bits per heavy atom. The number of benzene rings is 1. The minimum Gasteiger partial charge on any atom is -0.496 e. The van der Waals surface area contributed by atoms with Crippen molar-refractivity contribution in [2.24, 2.45) is 5.92 Å². The number of nitrogens with zero attached hydrogens (tertiary/aromatic N) is 1. The third kappa shape index (κ3) is 3.98. The second kappa shape index (κ2) is 7.81. The maximum Gasteiger partial charge on any atom is 0.123 e. The van der Waals surface area contributed by atoms with Gasteiger partial charge in [0.15, 0.2) is 0 Å². The van der Waals surface area contributed by atoms with E-state index in [1.54, 1.807) is 7.11 Å². The van der Waals surface area contributed by atoms with Crippen LogP contribution in [0.3, 0.4) is 0 Å². The van der Waals surface area contributed by atoms with E-state index in [0.717, 1.165) is 25.4 Å². The van der Waals surface area contributed by atoms with Crippen molar-refractivity contribution in [2.75, 3.05) is 20.2 Å². The standard InChI is InChI=1S/C18H30N2O/c1-5-14(3)17-11-19-16(6-2)13-20(17)12-15-9-7-8-10-18(15)21-4/h7-10,14,16-17,19H,5-6,11-13H2,1-4H3. The van der Waals surface area contributed by atoms with E-state index in [1.807, 2.05) is 6.07 Å². The second-order valence-electron chi connectivity index (χ2n) is 6.21. The van der Waals surface area contributed by atoms with E-state index in [1.165, 1.54) is 18.4 Å². The summed E-state index contributed by atoms with van der Waals surface area (Å²) in [6, 6.07) is 9.63. The Morgan fingerprint density at radius 1 is 1.33 bits per heavy atom. The number of ether oxygens (including phenoxy) is 1. The lowest BCUT2D eigenvalue weighted by molar-refractivity contribution is 0.0825. The molecule has 1 aromatic carbocycles. The Labute approximate surface area is 129 Å². The lowest BCUT2D eigenvalue weighted by atomic mass is 9.93. The van der Waals surface area contributed by atoms with Crippen LogP contribution in [0.15, 0.2) is 24.3 Å². The van der Waals surface area contributed by atoms with Crippen molar-refractivity contribution in [3.8, 4) is 5.75 Å². The molecule has 3 heteroatoms. The first-order valence-corrected chi connectivity index (χ1v) is 8.28. The molecule has 0 aromatic heterocycles. The predicted octanol–water partition coefficient (Wildman–Crippen LogP) is 3.29. The van der Waals surface area contributed by atoms with Gasteiger partial charge in [0.1, 0.15) is 5.75 Å². The molecule has 0 spiro atoms. The molecule has 1 aliphatic heterocycles. The quantitative estimate of drug-likeness (QED) is 0.870. The van der Waals surface area contributed by atoms with Gasteiger partial charge in [-0.1, -0.05) is 45.4 Å². The zero-order valence-corrected chi connectivity index (χ0v) is 13.9. The van der Waals surface area contributed by atoms with Crippen molar-refractivity contribution in [2.45, 2.75) is 52.2 Å². The summed E-state index contributed by atoms with van der Waals surface area (Å²) >= 11 is 0. The van der Waals surface area contributed by atoms with Gasteiger partial charge in [-0.2, -0.15) is 0 Å². The Bertz CT molecular complexity index is 435. The SMILES string of the molecule is CCC1CN(Cc2ccccc2OC)C(C(C)CC)CN1. The molecule has 0 amide bonds. The van der Waals surface area contributed by atoms with Crippen molar-refractivity contribution in [1.82, 2.24) is 10.2 Å². The van der Waals surface area contributed by atoms with Crippen LogP contribution < -0.4 is 10.1 Å². The van der Waals surface area contributed by atoms with Crippen LogP contribution in [0.2, 0.25) is 0 Å². The van der Waals surface area contributed by atoms with Crippen molar-refractivity contribution < 1.29 is 4.74 Å². The normalized spacial score (nSPS) is 24.8. The van der Waals surface area contributed by atoms with Gasteiger partial charge in [0.2, 0.25) is 0 Å². The summed E-state index contributed by atoms with van der Waals surface area (Å²) < 4.78 is 5.52. The van der Waals surface area contributed by atoms with Gasteiger partial charge in [-0.25, -0.2) is 0 Å². The topological polar surface area (TPSA) is 24.5 Å². The lowest BCUT2D eigenvalue weighted by Crippen LogP contribution is -2.57. The third-order valence-electron chi connectivity index (χ3n) is 4.90. The predicted molar refractivity (Wildman–Crippen MR) is 88.7 cm³/mol. The van der Waals surface area contributed by atoms with Crippen LogP contribution in [-0.2, 0) is 6.54 Å². The molecule has 1 saturated heterocycles. The minimum atomic E-state index is 0.611. The molecule has 1 aliphatic rings. The van der Waals surface area contributed by atoms with Gasteiger partial charge in [0.25, 0.3) is 0 Å². The third-order valence-corrected chi connectivity index (χ3v) is 4.90. The van der Waals surface area contributed by atoms with Crippen LogP contribution >= 0.6 is 0 Å². The zero-order chi connectivity index (χ0) is 15.2. The summed E-state index contributed by atoms with van der Waals surface area (Å²) in [6.45, 7) is 10.1. The second-order valence-corrected chi connectivity index (χ2v) is 6.21. The highest BCUT2D eigenvalue weighted by molar-refractivity contribution is 5.33. The van der Waals surface area contributed by atoms with Gasteiger partial charge >= 0.3 is 0 Å². The van der Waals surface area contributed by atoms with E-state index < -0.39 is 0 Å². The van der Waals surface area contributed by atoms with E-state index in [2.05, 4.69) is 49.2 Å². The Balaban J connectivity index is 2.15. The summed E-state index contributed by atoms with van der Waals surface area (Å²) in [5, 5.41) is 3.71. The number of piperazine rings is 1. The van der Waals surface area contributed by atoms with Crippen LogP contribution in [0.1, 0.15) is 39.2 Å². The zero-order valence-electron chi connectivity index (χ0n) is 13.9. The van der Waals surface area contributed by atoms with Crippen LogP contribution in [0.5, 0.6) is 5.75 Å². The number of hydrogen-bond acceptors (Lipinski definition) is 3. The summed E-state index contributed by atoms with van der Waals surface area (Å²) in [4.78, 5) is 2.65. The number of para-hydroxylation sites is 1. The average molecular weight is 290 g/mol. The molecule has 3 atom stereocenters. The van der Waals surface area contributed by atoms with Gasteiger partial charge in [-0.3, -0.25) is 4.90 Å². The van der Waals surface area contributed by atoms with Crippen LogP contribution in [0.25, 0.3) is 0 Å². The maximum atomic E-state index is 5.52. The highest BCUT2D eigenvalue weighted by Crippen LogP contribution is 2.25. The number of hydrogen-bond donors (Lipinski definition) is 1. The van der Waals surface area contributed by atoms with Crippen molar-refractivity contribution in [1.29, 1.82) is 0 Å². The number of methoxy groups -OCH3 is 1. The summed E-state index contributed by atoms with van der Waals surface area (Å²) in [5.41, 5.74) is 1.30. The van der Waals surface area contributed by atoms with Gasteiger partial charge in [0, 0.05) is 37.3 Å². The van der Waals surface area contributed by atoms with E-state index in [-0.39, 0.29) is 0 Å². The van der Waals surface area contributed by atoms with Gasteiger partial charge in [0.05, 0.1) is 7.11 Å². The number of nitrogens with one attached hydrogen (secondary N) is 1. The van der Waals surface area contributed by atoms with E-state index in [0.29, 0.717) is 18.0 Å². The van der Waals surface area contributed by atoms with E-state index in [9.17, 15) is 0 Å². The molecular formula is C18H30N2O. The fraction of sp³-hybridized carbons (Fsp3) is 0.667. The first kappa shape index (κ1) is 16.3.